The largest absolute Gasteiger partial charge is 0.493 e. The summed E-state index contributed by atoms with van der Waals surface area (Å²) in [6.45, 7) is 4.39. The summed E-state index contributed by atoms with van der Waals surface area (Å²) in [5.74, 6) is 0.785. The maximum atomic E-state index is 13.2. The summed E-state index contributed by atoms with van der Waals surface area (Å²) < 4.78 is 10.8. The highest BCUT2D eigenvalue weighted by Crippen LogP contribution is 2.35. The molecule has 154 valence electrons. The molecule has 2 atom stereocenters. The van der Waals surface area contributed by atoms with Crippen LogP contribution in [0.5, 0.6) is 11.5 Å². The first kappa shape index (κ1) is 20.5. The highest BCUT2D eigenvalue weighted by molar-refractivity contribution is 6.05. The molecule has 0 bridgehead atoms. The molecule has 7 nitrogen and oxygen atoms in total. The van der Waals surface area contributed by atoms with Crippen LogP contribution in [0, 0.1) is 5.92 Å². The molecule has 2 N–H and O–H groups in total. The van der Waals surface area contributed by atoms with Gasteiger partial charge in [0, 0.05) is 31.1 Å². The Labute approximate surface area is 166 Å². The first-order valence-corrected chi connectivity index (χ1v) is 10.1. The number of nitrogens with zero attached hydrogens (tertiary/aromatic N) is 1. The summed E-state index contributed by atoms with van der Waals surface area (Å²) in [5, 5.41) is 6.36. The maximum absolute atomic E-state index is 13.2. The van der Waals surface area contributed by atoms with Crippen LogP contribution in [0.25, 0.3) is 0 Å². The van der Waals surface area contributed by atoms with Gasteiger partial charge in [-0.25, -0.2) is 0 Å². The van der Waals surface area contributed by atoms with Gasteiger partial charge in [0.25, 0.3) is 5.91 Å². The summed E-state index contributed by atoms with van der Waals surface area (Å²) in [5.41, 5.74) is 0.944. The number of piperidine rings is 2. The van der Waals surface area contributed by atoms with Gasteiger partial charge in [0.2, 0.25) is 5.91 Å². The monoisotopic (exact) mass is 389 g/mol. The SMILES string of the molecule is COc1cc(NC(=O)[C@H]2CCN[C@@H](C)C2)c(C(=O)N2CCCCC2)cc1OC. The summed E-state index contributed by atoms with van der Waals surface area (Å²) in [6, 6.07) is 3.68. The van der Waals surface area contributed by atoms with E-state index in [0.717, 1.165) is 51.7 Å². The Bertz CT molecular complexity index is 716. The number of benzene rings is 1. The molecule has 2 saturated heterocycles. The predicted molar refractivity (Wildman–Crippen MR) is 108 cm³/mol. The van der Waals surface area contributed by atoms with Gasteiger partial charge in [0.1, 0.15) is 0 Å². The number of hydrogen-bond donors (Lipinski definition) is 2. The Morgan fingerprint density at radius 3 is 2.43 bits per heavy atom. The van der Waals surface area contributed by atoms with Crippen molar-refractivity contribution in [2.45, 2.75) is 45.1 Å². The molecule has 0 spiro atoms. The van der Waals surface area contributed by atoms with E-state index < -0.39 is 0 Å². The van der Waals surface area contributed by atoms with E-state index in [-0.39, 0.29) is 17.7 Å². The van der Waals surface area contributed by atoms with Crippen molar-refractivity contribution in [3.8, 4) is 11.5 Å². The zero-order valence-electron chi connectivity index (χ0n) is 17.0. The van der Waals surface area contributed by atoms with Crippen molar-refractivity contribution in [3.63, 3.8) is 0 Å². The summed E-state index contributed by atoms with van der Waals surface area (Å²) in [7, 11) is 3.09. The quantitative estimate of drug-likeness (QED) is 0.809. The van der Waals surface area contributed by atoms with Crippen molar-refractivity contribution in [1.82, 2.24) is 10.2 Å². The van der Waals surface area contributed by atoms with Crippen LogP contribution < -0.4 is 20.1 Å². The second-order valence-corrected chi connectivity index (χ2v) is 7.67. The van der Waals surface area contributed by atoms with E-state index in [2.05, 4.69) is 17.6 Å². The van der Waals surface area contributed by atoms with Crippen LogP contribution in [0.2, 0.25) is 0 Å². The van der Waals surface area contributed by atoms with Gasteiger partial charge in [-0.15, -0.1) is 0 Å². The zero-order chi connectivity index (χ0) is 20.1. The molecule has 2 amide bonds. The molecule has 2 heterocycles. The number of nitrogens with one attached hydrogen (secondary N) is 2. The molecule has 0 unspecified atom stereocenters. The van der Waals surface area contributed by atoms with Gasteiger partial charge in [-0.1, -0.05) is 0 Å². The maximum Gasteiger partial charge on any atom is 0.256 e. The molecule has 0 aromatic heterocycles. The van der Waals surface area contributed by atoms with Crippen LogP contribution in [0.4, 0.5) is 5.69 Å². The Hall–Kier alpha value is -2.28. The third-order valence-corrected chi connectivity index (χ3v) is 5.65. The zero-order valence-corrected chi connectivity index (χ0v) is 17.0. The minimum Gasteiger partial charge on any atom is -0.493 e. The lowest BCUT2D eigenvalue weighted by molar-refractivity contribution is -0.120. The number of methoxy groups -OCH3 is 2. The van der Waals surface area contributed by atoms with Crippen LogP contribution in [0.15, 0.2) is 12.1 Å². The molecular weight excluding hydrogens is 358 g/mol. The van der Waals surface area contributed by atoms with Crippen molar-refractivity contribution in [3.05, 3.63) is 17.7 Å². The molecule has 3 rings (SSSR count). The topological polar surface area (TPSA) is 79.9 Å². The summed E-state index contributed by atoms with van der Waals surface area (Å²) in [4.78, 5) is 27.9. The number of hydrogen-bond acceptors (Lipinski definition) is 5. The first-order chi connectivity index (χ1) is 13.5. The number of amides is 2. The molecule has 0 aliphatic carbocycles. The second kappa shape index (κ2) is 9.28. The Morgan fingerprint density at radius 1 is 1.11 bits per heavy atom. The first-order valence-electron chi connectivity index (χ1n) is 10.1. The molecule has 1 aromatic carbocycles. The fraction of sp³-hybridized carbons (Fsp3) is 0.619. The Kier molecular flexibility index (Phi) is 6.78. The molecule has 0 radical (unpaired) electrons. The molecular formula is C21H31N3O4. The fourth-order valence-corrected chi connectivity index (χ4v) is 4.03. The van der Waals surface area contributed by atoms with E-state index in [9.17, 15) is 9.59 Å². The van der Waals surface area contributed by atoms with E-state index in [1.54, 1.807) is 26.4 Å². The van der Waals surface area contributed by atoms with Crippen molar-refractivity contribution in [2.24, 2.45) is 5.92 Å². The standard InChI is InChI=1S/C21H31N3O4/c1-14-11-15(7-8-22-14)20(25)23-17-13-19(28-3)18(27-2)12-16(17)21(26)24-9-5-4-6-10-24/h12-15,22H,4-11H2,1-3H3,(H,23,25)/t14-,15-/m0/s1. The van der Waals surface area contributed by atoms with Gasteiger partial charge in [-0.3, -0.25) is 9.59 Å². The highest BCUT2D eigenvalue weighted by atomic mass is 16.5. The minimum atomic E-state index is -0.0744. The van der Waals surface area contributed by atoms with Crippen molar-refractivity contribution in [1.29, 1.82) is 0 Å². The lowest BCUT2D eigenvalue weighted by Gasteiger charge is -2.29. The average Bonchev–Trinajstić information content (AvgIpc) is 2.73. The third kappa shape index (κ3) is 4.58. The molecule has 0 saturated carbocycles. The average molecular weight is 389 g/mol. The molecule has 2 aliphatic heterocycles. The van der Waals surface area contributed by atoms with Gasteiger partial charge < -0.3 is 25.0 Å². The van der Waals surface area contributed by atoms with Gasteiger partial charge in [-0.05, 0) is 51.6 Å². The number of likely N-dealkylation sites (tertiary alicyclic amines) is 1. The second-order valence-electron chi connectivity index (χ2n) is 7.67. The molecule has 2 aliphatic rings. The molecule has 1 aromatic rings. The van der Waals surface area contributed by atoms with Gasteiger partial charge in [-0.2, -0.15) is 0 Å². The van der Waals surface area contributed by atoms with Crippen molar-refractivity contribution >= 4 is 17.5 Å². The molecule has 2 fully saturated rings. The van der Waals surface area contributed by atoms with E-state index in [1.165, 1.54) is 0 Å². The van der Waals surface area contributed by atoms with E-state index in [0.29, 0.717) is 28.8 Å². The van der Waals surface area contributed by atoms with E-state index in [1.807, 2.05) is 4.90 Å². The predicted octanol–water partition coefficient (Wildman–Crippen LogP) is 2.66. The Balaban J connectivity index is 1.88. The van der Waals surface area contributed by atoms with E-state index in [4.69, 9.17) is 9.47 Å². The number of carbonyl (C=O) groups is 2. The van der Waals surface area contributed by atoms with Gasteiger partial charge in [0.15, 0.2) is 11.5 Å². The van der Waals surface area contributed by atoms with Gasteiger partial charge in [0.05, 0.1) is 25.5 Å². The van der Waals surface area contributed by atoms with Crippen LogP contribution in [0.1, 0.15) is 49.4 Å². The summed E-state index contributed by atoms with van der Waals surface area (Å²) >= 11 is 0. The van der Waals surface area contributed by atoms with E-state index >= 15 is 0 Å². The lowest BCUT2D eigenvalue weighted by atomic mass is 9.92. The fourth-order valence-electron chi connectivity index (χ4n) is 4.03. The number of anilines is 1. The smallest absolute Gasteiger partial charge is 0.256 e. The van der Waals surface area contributed by atoms with Crippen molar-refractivity contribution < 1.29 is 19.1 Å². The molecule has 7 heteroatoms. The van der Waals surface area contributed by atoms with Crippen LogP contribution in [-0.2, 0) is 4.79 Å². The van der Waals surface area contributed by atoms with Gasteiger partial charge >= 0.3 is 0 Å². The highest BCUT2D eigenvalue weighted by Gasteiger charge is 2.28. The normalized spacial score (nSPS) is 22.5. The van der Waals surface area contributed by atoms with Crippen molar-refractivity contribution in [2.75, 3.05) is 39.2 Å². The van der Waals surface area contributed by atoms with Crippen LogP contribution in [-0.4, -0.2) is 56.6 Å². The minimum absolute atomic E-state index is 0.0479. The van der Waals surface area contributed by atoms with Crippen LogP contribution >= 0.6 is 0 Å². The Morgan fingerprint density at radius 2 is 1.79 bits per heavy atom. The number of carbonyl (C=O) groups excluding carboxylic acids is 2. The lowest BCUT2D eigenvalue weighted by Crippen LogP contribution is -2.40. The number of ether oxygens (including phenoxy) is 2. The third-order valence-electron chi connectivity index (χ3n) is 5.65. The number of rotatable bonds is 5. The summed E-state index contributed by atoms with van der Waals surface area (Å²) in [6.07, 6.45) is 4.74. The van der Waals surface area contributed by atoms with Crippen LogP contribution in [0.3, 0.4) is 0 Å². The molecule has 28 heavy (non-hydrogen) atoms.